The summed E-state index contributed by atoms with van der Waals surface area (Å²) in [6.45, 7) is 7.97. The van der Waals surface area contributed by atoms with Gasteiger partial charge in [-0.1, -0.05) is 34.1 Å². The molecule has 1 aliphatic rings. The van der Waals surface area contributed by atoms with Crippen molar-refractivity contribution in [2.24, 2.45) is 23.3 Å². The van der Waals surface area contributed by atoms with Gasteiger partial charge in [0.15, 0.2) is 0 Å². The van der Waals surface area contributed by atoms with Crippen LogP contribution in [0.1, 0.15) is 73.1 Å². The van der Waals surface area contributed by atoms with Gasteiger partial charge in [-0.2, -0.15) is 0 Å². The Balaban J connectivity index is 2.87. The van der Waals surface area contributed by atoms with Crippen LogP contribution in [-0.4, -0.2) is 118 Å². The van der Waals surface area contributed by atoms with Crippen LogP contribution < -0.4 is 38.1 Å². The fourth-order valence-corrected chi connectivity index (χ4v) is 5.05. The molecule has 7 amide bonds. The quantitative estimate of drug-likeness (QED) is 0.0611. The molecule has 0 radical (unpaired) electrons. The molecule has 1 fully saturated rings. The summed E-state index contributed by atoms with van der Waals surface area (Å²) in [5.74, 6) is -8.75. The minimum absolute atomic E-state index is 0.111. The molecular formula is C30H50N8O11. The number of carbonyl (C=O) groups is 9. The van der Waals surface area contributed by atoms with Gasteiger partial charge < -0.3 is 53.2 Å². The molecule has 11 N–H and O–H groups in total. The first-order valence-electron chi connectivity index (χ1n) is 16.1. The fourth-order valence-electron chi connectivity index (χ4n) is 5.05. The van der Waals surface area contributed by atoms with E-state index in [1.165, 1.54) is 11.8 Å². The second-order valence-corrected chi connectivity index (χ2v) is 12.5. The van der Waals surface area contributed by atoms with Crippen molar-refractivity contribution in [1.82, 2.24) is 31.5 Å². The van der Waals surface area contributed by atoms with Crippen LogP contribution >= 0.6 is 0 Å². The highest BCUT2D eigenvalue weighted by Crippen LogP contribution is 2.19. The van der Waals surface area contributed by atoms with Crippen LogP contribution in [0.15, 0.2) is 0 Å². The molecule has 1 rings (SSSR count). The number of amides is 7. The summed E-state index contributed by atoms with van der Waals surface area (Å²) in [5, 5.41) is 30.4. The number of aliphatic carboxylic acids is 2. The molecule has 1 saturated heterocycles. The number of nitrogens with zero attached hydrogens (tertiary/aromatic N) is 1. The Bertz CT molecular complexity index is 1260. The lowest BCUT2D eigenvalue weighted by atomic mass is 9.96. The van der Waals surface area contributed by atoms with Gasteiger partial charge in [0.1, 0.15) is 30.2 Å². The van der Waals surface area contributed by atoms with Crippen molar-refractivity contribution in [1.29, 1.82) is 0 Å². The van der Waals surface area contributed by atoms with Gasteiger partial charge in [0.05, 0.1) is 25.4 Å². The minimum atomic E-state index is -1.62. The number of nitrogens with two attached hydrogens (primary N) is 2. The Morgan fingerprint density at radius 3 is 1.98 bits per heavy atom. The van der Waals surface area contributed by atoms with Gasteiger partial charge >= 0.3 is 11.9 Å². The Morgan fingerprint density at radius 1 is 0.837 bits per heavy atom. The highest BCUT2D eigenvalue weighted by Gasteiger charge is 2.37. The molecule has 19 heteroatoms. The number of hydrogen-bond donors (Lipinski definition) is 9. The highest BCUT2D eigenvalue weighted by atomic mass is 16.4. The molecule has 0 unspecified atom stereocenters. The van der Waals surface area contributed by atoms with Gasteiger partial charge in [0.2, 0.25) is 41.4 Å². The van der Waals surface area contributed by atoms with E-state index in [1.54, 1.807) is 27.7 Å². The Morgan fingerprint density at radius 2 is 1.45 bits per heavy atom. The van der Waals surface area contributed by atoms with Gasteiger partial charge in [-0.05, 0) is 38.0 Å². The largest absolute Gasteiger partial charge is 0.481 e. The molecule has 0 aromatic rings. The van der Waals surface area contributed by atoms with E-state index < -0.39 is 115 Å². The van der Waals surface area contributed by atoms with Crippen molar-refractivity contribution in [3.63, 3.8) is 0 Å². The van der Waals surface area contributed by atoms with E-state index >= 15 is 0 Å². The average Bonchev–Trinajstić information content (AvgIpc) is 3.50. The number of nitrogens with one attached hydrogen (secondary N) is 5. The molecule has 7 atom stereocenters. The second kappa shape index (κ2) is 19.9. The zero-order valence-corrected chi connectivity index (χ0v) is 28.4. The predicted octanol–water partition coefficient (Wildman–Crippen LogP) is -3.09. The van der Waals surface area contributed by atoms with Crippen LogP contribution in [0.5, 0.6) is 0 Å². The molecule has 49 heavy (non-hydrogen) atoms. The smallest absolute Gasteiger partial charge is 0.326 e. The molecule has 0 saturated carbocycles. The Hall–Kier alpha value is -4.81. The van der Waals surface area contributed by atoms with E-state index in [0.717, 1.165) is 0 Å². The molecule has 0 aromatic heterocycles. The normalized spacial score (nSPS) is 17.8. The molecule has 19 nitrogen and oxygen atoms in total. The summed E-state index contributed by atoms with van der Waals surface area (Å²) in [5.41, 5.74) is 10.7. The lowest BCUT2D eigenvalue weighted by molar-refractivity contribution is -0.144. The molecule has 1 heterocycles. The van der Waals surface area contributed by atoms with Crippen molar-refractivity contribution in [3.8, 4) is 0 Å². The predicted molar refractivity (Wildman–Crippen MR) is 172 cm³/mol. The maximum Gasteiger partial charge on any atom is 0.326 e. The minimum Gasteiger partial charge on any atom is -0.481 e. The van der Waals surface area contributed by atoms with Crippen molar-refractivity contribution in [3.05, 3.63) is 0 Å². The van der Waals surface area contributed by atoms with Crippen molar-refractivity contribution in [2.45, 2.75) is 109 Å². The van der Waals surface area contributed by atoms with Crippen LogP contribution in [0.25, 0.3) is 0 Å². The molecule has 0 aromatic carbocycles. The Labute approximate surface area is 284 Å². The van der Waals surface area contributed by atoms with Crippen LogP contribution in [0.3, 0.4) is 0 Å². The van der Waals surface area contributed by atoms with Crippen molar-refractivity contribution in [2.75, 3.05) is 13.1 Å². The van der Waals surface area contributed by atoms with Crippen LogP contribution in [0.2, 0.25) is 0 Å². The van der Waals surface area contributed by atoms with Gasteiger partial charge in [-0.15, -0.1) is 0 Å². The second-order valence-electron chi connectivity index (χ2n) is 12.5. The average molecular weight is 699 g/mol. The summed E-state index contributed by atoms with van der Waals surface area (Å²) in [4.78, 5) is 112. The molecular weight excluding hydrogens is 648 g/mol. The van der Waals surface area contributed by atoms with E-state index in [1.807, 2.05) is 0 Å². The monoisotopic (exact) mass is 698 g/mol. The SMILES string of the molecule is CC[C@H](C)[C@H](NC(=O)[C@H](CC(C)C)NC(=O)[C@H](C)NC(=O)CNC(=O)[C@@H]1CCCN1C(=O)[C@@H](N)CC(=O)O)C(=O)N[C@@H](CC(N)=O)C(=O)O. The van der Waals surface area contributed by atoms with E-state index in [2.05, 4.69) is 26.6 Å². The zero-order chi connectivity index (χ0) is 37.6. The number of hydrogen-bond acceptors (Lipinski definition) is 10. The fraction of sp³-hybridized carbons (Fsp3) is 0.700. The first kappa shape index (κ1) is 42.2. The van der Waals surface area contributed by atoms with E-state index in [0.29, 0.717) is 12.8 Å². The third-order valence-electron chi connectivity index (χ3n) is 7.90. The lowest BCUT2D eigenvalue weighted by Crippen LogP contribution is -2.59. The molecule has 1 aliphatic heterocycles. The van der Waals surface area contributed by atoms with Crippen molar-refractivity contribution < 1.29 is 53.4 Å². The maximum atomic E-state index is 13.4. The summed E-state index contributed by atoms with van der Waals surface area (Å²) in [7, 11) is 0. The first-order chi connectivity index (χ1) is 22.8. The van der Waals surface area contributed by atoms with Gasteiger partial charge in [0.25, 0.3) is 0 Å². The number of carbonyl (C=O) groups excluding carboxylic acids is 7. The molecule has 0 aliphatic carbocycles. The summed E-state index contributed by atoms with van der Waals surface area (Å²) >= 11 is 0. The van der Waals surface area contributed by atoms with E-state index in [9.17, 15) is 48.3 Å². The number of rotatable bonds is 20. The van der Waals surface area contributed by atoms with Gasteiger partial charge in [0, 0.05) is 6.54 Å². The topological polar surface area (TPSA) is 310 Å². The third kappa shape index (κ3) is 14.1. The molecule has 0 spiro atoms. The molecule has 0 bridgehead atoms. The number of carboxylic acids is 2. The third-order valence-corrected chi connectivity index (χ3v) is 7.90. The first-order valence-corrected chi connectivity index (χ1v) is 16.1. The summed E-state index contributed by atoms with van der Waals surface area (Å²) in [6.07, 6.45) is 0.0211. The van der Waals surface area contributed by atoms with Crippen LogP contribution in [0.4, 0.5) is 0 Å². The molecule has 276 valence electrons. The van der Waals surface area contributed by atoms with Crippen LogP contribution in [0, 0.1) is 11.8 Å². The summed E-state index contributed by atoms with van der Waals surface area (Å²) in [6, 6.07) is -7.45. The van der Waals surface area contributed by atoms with Gasteiger partial charge in [-0.25, -0.2) is 4.79 Å². The summed E-state index contributed by atoms with van der Waals surface area (Å²) < 4.78 is 0. The zero-order valence-electron chi connectivity index (χ0n) is 28.4. The standard InChI is InChI=1S/C30H50N8O11/c1-6-15(4)24(28(46)36-19(30(48)49)12-21(32)39)37-26(44)18(10-14(2)3)35-25(43)16(5)34-22(40)13-33-27(45)20-8-7-9-38(20)29(47)17(31)11-23(41)42/h14-20,24H,6-13,31H2,1-5H3,(H2,32,39)(H,33,45)(H,34,40)(H,35,43)(H,36,46)(H,37,44)(H,41,42)(H,48,49)/t15-,16-,17-,18-,19-,20-,24-/m0/s1. The highest BCUT2D eigenvalue weighted by molar-refractivity contribution is 5.97. The number of likely N-dealkylation sites (tertiary alicyclic amines) is 1. The Kier molecular flexibility index (Phi) is 17.1. The van der Waals surface area contributed by atoms with E-state index in [-0.39, 0.29) is 25.3 Å². The number of primary amides is 1. The maximum absolute atomic E-state index is 13.4. The van der Waals surface area contributed by atoms with Crippen LogP contribution in [-0.2, 0) is 43.2 Å². The van der Waals surface area contributed by atoms with Crippen molar-refractivity contribution >= 4 is 53.3 Å². The lowest BCUT2D eigenvalue weighted by Gasteiger charge is -2.28. The number of carboxylic acid groups (broad SMARTS) is 2. The van der Waals surface area contributed by atoms with E-state index in [4.69, 9.17) is 16.6 Å². The van der Waals surface area contributed by atoms with Gasteiger partial charge in [-0.3, -0.25) is 38.4 Å².